The molecule has 0 unspecified atom stereocenters. The van der Waals surface area contributed by atoms with Gasteiger partial charge in [-0.3, -0.25) is 0 Å². The van der Waals surface area contributed by atoms with Crippen molar-refractivity contribution in [1.29, 1.82) is 0 Å². The van der Waals surface area contributed by atoms with Crippen molar-refractivity contribution in [3.05, 3.63) is 70.3 Å². The Kier molecular flexibility index (Phi) is 12.3. The van der Waals surface area contributed by atoms with Crippen molar-refractivity contribution in [3.63, 3.8) is 0 Å². The number of carbonyl (C=O) groups excluding carboxylic acids is 2. The number of amides is 4. The van der Waals surface area contributed by atoms with Crippen molar-refractivity contribution >= 4 is 81.7 Å². The Hall–Kier alpha value is -1.42. The zero-order chi connectivity index (χ0) is 28.7. The number of rotatable bonds is 9. The first-order valence-corrected chi connectivity index (χ1v) is 13.6. The van der Waals surface area contributed by atoms with Crippen molar-refractivity contribution < 1.29 is 18.4 Å². The van der Waals surface area contributed by atoms with Crippen molar-refractivity contribution in [3.8, 4) is 0 Å². The van der Waals surface area contributed by atoms with Gasteiger partial charge in [0.05, 0.1) is 0 Å². The number of aryl methyl sites for hydroxylation is 2. The lowest BCUT2D eigenvalue weighted by atomic mass is 10.1. The van der Waals surface area contributed by atoms with E-state index in [4.69, 9.17) is 69.6 Å². The first-order valence-electron chi connectivity index (χ1n) is 11.3. The van der Waals surface area contributed by atoms with E-state index in [1.54, 1.807) is 26.0 Å². The first-order chi connectivity index (χ1) is 17.6. The maximum atomic E-state index is 14.0. The molecule has 0 saturated carbocycles. The average molecular weight is 653 g/mol. The van der Waals surface area contributed by atoms with E-state index >= 15 is 0 Å². The molecule has 4 amide bonds. The van der Waals surface area contributed by atoms with Gasteiger partial charge in [0, 0.05) is 13.1 Å². The van der Waals surface area contributed by atoms with Crippen molar-refractivity contribution in [2.24, 2.45) is 0 Å². The summed E-state index contributed by atoms with van der Waals surface area (Å²) in [6.45, 7) is 3.66. The summed E-state index contributed by atoms with van der Waals surface area (Å²) in [7, 11) is 0. The standard InChI is InChI=1S/C24H26Cl6F2N4O2/c1-13-5-7-15(11-17(13)31)19(23(25,26)27)35-21(37)33-9-3-4-10-34-22(38)36-20(24(28,29)30)16-8-6-14(2)18(32)12-16/h5-8,11-12,19-20H,3-4,9-10H2,1-2H3,(H2,33,35,37)(H2,34,36,38)/t19-,20+. The molecule has 14 heteroatoms. The SMILES string of the molecule is Cc1ccc([C@@H](NC(=O)NCCCCNC(=O)N[C@@H](c2ccc(C)c(F)c2)C(Cl)(Cl)Cl)C(Cl)(Cl)Cl)cc1F. The number of halogens is 8. The van der Waals surface area contributed by atoms with Crippen LogP contribution < -0.4 is 21.3 Å². The monoisotopic (exact) mass is 650 g/mol. The molecule has 2 aromatic rings. The molecule has 2 rings (SSSR count). The van der Waals surface area contributed by atoms with Gasteiger partial charge in [0.1, 0.15) is 23.7 Å². The summed E-state index contributed by atoms with van der Waals surface area (Å²) >= 11 is 36.0. The third kappa shape index (κ3) is 10.3. The van der Waals surface area contributed by atoms with Crippen LogP contribution in [0.2, 0.25) is 0 Å². The molecule has 0 aliphatic rings. The Labute approximate surface area is 250 Å². The molecule has 2 atom stereocenters. The highest BCUT2D eigenvalue weighted by Crippen LogP contribution is 2.41. The van der Waals surface area contributed by atoms with E-state index < -0.39 is 43.4 Å². The summed E-state index contributed by atoms with van der Waals surface area (Å²) in [4.78, 5) is 24.7. The number of urea groups is 2. The summed E-state index contributed by atoms with van der Waals surface area (Å²) in [5.74, 6) is -0.988. The Morgan fingerprint density at radius 3 is 1.34 bits per heavy atom. The second-order valence-electron chi connectivity index (χ2n) is 8.47. The molecule has 6 nitrogen and oxygen atoms in total. The van der Waals surface area contributed by atoms with Gasteiger partial charge in [-0.2, -0.15) is 0 Å². The predicted molar refractivity (Wildman–Crippen MR) is 151 cm³/mol. The highest BCUT2D eigenvalue weighted by Gasteiger charge is 2.36. The summed E-state index contributed by atoms with van der Waals surface area (Å²) in [5.41, 5.74) is 1.41. The van der Waals surface area contributed by atoms with Crippen molar-refractivity contribution in [2.45, 2.75) is 46.4 Å². The van der Waals surface area contributed by atoms with Crippen LogP contribution >= 0.6 is 69.6 Å². The van der Waals surface area contributed by atoms with E-state index in [2.05, 4.69) is 21.3 Å². The van der Waals surface area contributed by atoms with Crippen molar-refractivity contribution in [2.75, 3.05) is 13.1 Å². The lowest BCUT2D eigenvalue weighted by Crippen LogP contribution is -2.43. The maximum absolute atomic E-state index is 14.0. The predicted octanol–water partition coefficient (Wildman–Crippen LogP) is 7.48. The largest absolute Gasteiger partial charge is 0.338 e. The molecule has 0 aliphatic carbocycles. The van der Waals surface area contributed by atoms with Gasteiger partial charge in [-0.05, 0) is 61.1 Å². The molecule has 0 spiro atoms. The Morgan fingerprint density at radius 2 is 1.05 bits per heavy atom. The van der Waals surface area contributed by atoms with Gasteiger partial charge in [0.15, 0.2) is 0 Å². The van der Waals surface area contributed by atoms with Crippen LogP contribution in [0.4, 0.5) is 18.4 Å². The fraction of sp³-hybridized carbons (Fsp3) is 0.417. The molecule has 0 bridgehead atoms. The zero-order valence-electron chi connectivity index (χ0n) is 20.3. The minimum absolute atomic E-state index is 0.239. The third-order valence-electron chi connectivity index (χ3n) is 5.44. The lowest BCUT2D eigenvalue weighted by molar-refractivity contribution is 0.235. The quantitative estimate of drug-likeness (QED) is 0.167. The molecular formula is C24H26Cl6F2N4O2. The van der Waals surface area contributed by atoms with Crippen LogP contribution in [0.5, 0.6) is 0 Å². The van der Waals surface area contributed by atoms with Gasteiger partial charge in [-0.25, -0.2) is 18.4 Å². The molecule has 0 fully saturated rings. The van der Waals surface area contributed by atoms with Gasteiger partial charge < -0.3 is 21.3 Å². The second kappa shape index (κ2) is 14.3. The lowest BCUT2D eigenvalue weighted by Gasteiger charge is -2.26. The van der Waals surface area contributed by atoms with Gasteiger partial charge in [0.2, 0.25) is 7.59 Å². The van der Waals surface area contributed by atoms with Crippen LogP contribution in [0.1, 0.15) is 47.2 Å². The fourth-order valence-corrected chi connectivity index (χ4v) is 4.39. The normalized spacial score (nSPS) is 13.4. The van der Waals surface area contributed by atoms with E-state index in [1.807, 2.05) is 0 Å². The van der Waals surface area contributed by atoms with Gasteiger partial charge in [-0.1, -0.05) is 93.9 Å². The van der Waals surface area contributed by atoms with Crippen LogP contribution in [0.15, 0.2) is 36.4 Å². The average Bonchev–Trinajstić information content (AvgIpc) is 2.80. The second-order valence-corrected chi connectivity index (χ2v) is 13.2. The van der Waals surface area contributed by atoms with Crippen LogP contribution in [0, 0.1) is 25.5 Å². The fourth-order valence-electron chi connectivity index (χ4n) is 3.30. The van der Waals surface area contributed by atoms with Crippen LogP contribution in [-0.2, 0) is 0 Å². The molecule has 2 aromatic carbocycles. The third-order valence-corrected chi connectivity index (χ3v) is 6.75. The van der Waals surface area contributed by atoms with Crippen LogP contribution in [0.25, 0.3) is 0 Å². The topological polar surface area (TPSA) is 82.3 Å². The number of alkyl halides is 6. The summed E-state index contributed by atoms with van der Waals surface area (Å²) < 4.78 is 24.1. The van der Waals surface area contributed by atoms with Gasteiger partial charge in [-0.15, -0.1) is 0 Å². The number of hydrogen-bond acceptors (Lipinski definition) is 2. The van der Waals surface area contributed by atoms with Gasteiger partial charge in [0.25, 0.3) is 0 Å². The maximum Gasteiger partial charge on any atom is 0.315 e. The molecular weight excluding hydrogens is 627 g/mol. The molecule has 4 N–H and O–H groups in total. The summed E-state index contributed by atoms with van der Waals surface area (Å²) in [6.07, 6.45) is 0.977. The number of hydrogen-bond donors (Lipinski definition) is 4. The summed E-state index contributed by atoms with van der Waals surface area (Å²) in [5, 5.41) is 10.3. The number of benzene rings is 2. The smallest absolute Gasteiger partial charge is 0.315 e. The summed E-state index contributed by atoms with van der Waals surface area (Å²) in [6, 6.07) is 5.11. The Bertz CT molecular complexity index is 1040. The number of carbonyl (C=O) groups is 2. The first kappa shape index (κ1) is 32.8. The molecule has 0 heterocycles. The number of unbranched alkanes of at least 4 members (excludes halogenated alkanes) is 1. The molecule has 38 heavy (non-hydrogen) atoms. The highest BCUT2D eigenvalue weighted by molar-refractivity contribution is 6.68. The van der Waals surface area contributed by atoms with Gasteiger partial charge >= 0.3 is 12.1 Å². The van der Waals surface area contributed by atoms with E-state index in [1.165, 1.54) is 24.3 Å². The van der Waals surface area contributed by atoms with E-state index in [9.17, 15) is 18.4 Å². The van der Waals surface area contributed by atoms with E-state index in [0.717, 1.165) is 0 Å². The van der Waals surface area contributed by atoms with Crippen LogP contribution in [-0.4, -0.2) is 32.7 Å². The van der Waals surface area contributed by atoms with Crippen molar-refractivity contribution in [1.82, 2.24) is 21.3 Å². The minimum atomic E-state index is -1.93. The zero-order valence-corrected chi connectivity index (χ0v) is 24.8. The molecule has 0 aromatic heterocycles. The van der Waals surface area contributed by atoms with E-state index in [0.29, 0.717) is 35.1 Å². The molecule has 0 radical (unpaired) electrons. The van der Waals surface area contributed by atoms with Crippen LogP contribution in [0.3, 0.4) is 0 Å². The Morgan fingerprint density at radius 1 is 0.711 bits per heavy atom. The molecule has 0 saturated heterocycles. The minimum Gasteiger partial charge on any atom is -0.338 e. The van der Waals surface area contributed by atoms with E-state index in [-0.39, 0.29) is 13.1 Å². The molecule has 0 aliphatic heterocycles. The Balaban J connectivity index is 1.79. The highest BCUT2D eigenvalue weighted by atomic mass is 35.6. The molecule has 210 valence electrons. The number of nitrogens with one attached hydrogen (secondary N) is 4.